The third-order valence-electron chi connectivity index (χ3n) is 3.81. The van der Waals surface area contributed by atoms with Crippen LogP contribution >= 0.6 is 0 Å². The van der Waals surface area contributed by atoms with Gasteiger partial charge in [-0.1, -0.05) is 20.8 Å². The van der Waals surface area contributed by atoms with Crippen LogP contribution in [0.2, 0.25) is 0 Å². The Morgan fingerprint density at radius 1 is 1.29 bits per heavy atom. The van der Waals surface area contributed by atoms with E-state index in [1.165, 1.54) is 19.3 Å². The zero-order valence-corrected chi connectivity index (χ0v) is 9.90. The molecule has 0 amide bonds. The van der Waals surface area contributed by atoms with Gasteiger partial charge in [-0.15, -0.1) is 0 Å². The van der Waals surface area contributed by atoms with Crippen molar-refractivity contribution in [3.05, 3.63) is 0 Å². The summed E-state index contributed by atoms with van der Waals surface area (Å²) in [6.07, 6.45) is 5.86. The number of amidine groups is 1. The predicted octanol–water partition coefficient (Wildman–Crippen LogP) is 3.28. The fourth-order valence-corrected chi connectivity index (χ4v) is 2.39. The van der Waals surface area contributed by atoms with Crippen LogP contribution in [0.5, 0.6) is 0 Å². The average molecular weight is 196 g/mol. The molecule has 1 saturated heterocycles. The van der Waals surface area contributed by atoms with Crippen molar-refractivity contribution in [2.45, 2.75) is 52.9 Å². The van der Waals surface area contributed by atoms with Crippen molar-refractivity contribution in [1.29, 1.82) is 5.41 Å². The van der Waals surface area contributed by atoms with E-state index in [4.69, 9.17) is 5.41 Å². The van der Waals surface area contributed by atoms with Gasteiger partial charge in [-0.05, 0) is 31.1 Å². The Balaban J connectivity index is 2.51. The zero-order chi connectivity index (χ0) is 10.6. The van der Waals surface area contributed by atoms with Crippen LogP contribution in [0.3, 0.4) is 0 Å². The van der Waals surface area contributed by atoms with Crippen molar-refractivity contribution in [3.8, 4) is 0 Å². The standard InChI is InChI=1S/C12H24N2/c1-4-7-11(13)14-9-8-12(5-2,6-3)10-14/h13H,4-10H2,1-3H3. The highest BCUT2D eigenvalue weighted by Crippen LogP contribution is 2.37. The summed E-state index contributed by atoms with van der Waals surface area (Å²) < 4.78 is 0. The Morgan fingerprint density at radius 2 is 1.93 bits per heavy atom. The maximum Gasteiger partial charge on any atom is 0.0957 e. The van der Waals surface area contributed by atoms with Gasteiger partial charge in [0, 0.05) is 19.5 Å². The molecule has 0 aromatic carbocycles. The molecule has 2 heteroatoms. The molecule has 0 radical (unpaired) electrons. The lowest BCUT2D eigenvalue weighted by Crippen LogP contribution is -2.31. The van der Waals surface area contributed by atoms with E-state index in [9.17, 15) is 0 Å². The first-order valence-corrected chi connectivity index (χ1v) is 6.00. The molecule has 0 saturated carbocycles. The van der Waals surface area contributed by atoms with Crippen molar-refractivity contribution in [3.63, 3.8) is 0 Å². The molecule has 0 aromatic heterocycles. The molecule has 1 N–H and O–H groups in total. The van der Waals surface area contributed by atoms with Crippen LogP contribution in [0.4, 0.5) is 0 Å². The van der Waals surface area contributed by atoms with Gasteiger partial charge in [-0.25, -0.2) is 0 Å². The van der Waals surface area contributed by atoms with Crippen molar-refractivity contribution in [1.82, 2.24) is 4.90 Å². The normalized spacial score (nSPS) is 20.1. The molecule has 0 bridgehead atoms. The first-order chi connectivity index (χ1) is 6.67. The van der Waals surface area contributed by atoms with E-state index in [2.05, 4.69) is 25.7 Å². The average Bonchev–Trinajstić information content (AvgIpc) is 2.63. The topological polar surface area (TPSA) is 27.1 Å². The highest BCUT2D eigenvalue weighted by atomic mass is 15.2. The summed E-state index contributed by atoms with van der Waals surface area (Å²) in [6.45, 7) is 8.96. The Bertz CT molecular complexity index is 194. The summed E-state index contributed by atoms with van der Waals surface area (Å²) >= 11 is 0. The molecule has 1 heterocycles. The Labute approximate surface area is 88.2 Å². The summed E-state index contributed by atoms with van der Waals surface area (Å²) in [5.41, 5.74) is 0.514. The van der Waals surface area contributed by atoms with Crippen LogP contribution in [0, 0.1) is 10.8 Å². The van der Waals surface area contributed by atoms with Crippen molar-refractivity contribution in [2.75, 3.05) is 13.1 Å². The molecule has 14 heavy (non-hydrogen) atoms. The van der Waals surface area contributed by atoms with E-state index < -0.39 is 0 Å². The molecule has 1 aliphatic rings. The summed E-state index contributed by atoms with van der Waals surface area (Å²) in [6, 6.07) is 0. The second kappa shape index (κ2) is 4.81. The molecule has 82 valence electrons. The fourth-order valence-electron chi connectivity index (χ4n) is 2.39. The van der Waals surface area contributed by atoms with Gasteiger partial charge in [0.15, 0.2) is 0 Å². The van der Waals surface area contributed by atoms with E-state index in [0.29, 0.717) is 5.41 Å². The molecular weight excluding hydrogens is 172 g/mol. The van der Waals surface area contributed by atoms with Gasteiger partial charge in [0.1, 0.15) is 0 Å². The van der Waals surface area contributed by atoms with Gasteiger partial charge >= 0.3 is 0 Å². The van der Waals surface area contributed by atoms with E-state index in [0.717, 1.165) is 31.8 Å². The largest absolute Gasteiger partial charge is 0.360 e. The maximum absolute atomic E-state index is 7.94. The molecule has 1 rings (SSSR count). The first kappa shape index (κ1) is 11.5. The van der Waals surface area contributed by atoms with E-state index in [-0.39, 0.29) is 0 Å². The zero-order valence-electron chi connectivity index (χ0n) is 9.90. The molecule has 1 fully saturated rings. The summed E-state index contributed by atoms with van der Waals surface area (Å²) in [5.74, 6) is 0.858. The molecule has 0 aliphatic carbocycles. The number of hydrogen-bond donors (Lipinski definition) is 1. The second-order valence-corrected chi connectivity index (χ2v) is 4.58. The number of hydrogen-bond acceptors (Lipinski definition) is 1. The smallest absolute Gasteiger partial charge is 0.0957 e. The summed E-state index contributed by atoms with van der Waals surface area (Å²) in [4.78, 5) is 2.29. The lowest BCUT2D eigenvalue weighted by Gasteiger charge is -2.27. The minimum absolute atomic E-state index is 0.514. The van der Waals surface area contributed by atoms with Gasteiger partial charge in [0.2, 0.25) is 0 Å². The number of nitrogens with one attached hydrogen (secondary N) is 1. The van der Waals surface area contributed by atoms with Crippen LogP contribution in [-0.4, -0.2) is 23.8 Å². The van der Waals surface area contributed by atoms with Crippen LogP contribution in [0.25, 0.3) is 0 Å². The Kier molecular flexibility index (Phi) is 3.97. The Hall–Kier alpha value is -0.530. The summed E-state index contributed by atoms with van der Waals surface area (Å²) in [5, 5.41) is 7.94. The molecule has 1 aliphatic heterocycles. The third kappa shape index (κ3) is 2.28. The quantitative estimate of drug-likeness (QED) is 0.542. The first-order valence-electron chi connectivity index (χ1n) is 6.00. The van der Waals surface area contributed by atoms with Crippen LogP contribution < -0.4 is 0 Å². The van der Waals surface area contributed by atoms with E-state index in [1.807, 2.05) is 0 Å². The van der Waals surface area contributed by atoms with Crippen molar-refractivity contribution >= 4 is 5.84 Å². The molecule has 0 spiro atoms. The molecular formula is C12H24N2. The highest BCUT2D eigenvalue weighted by molar-refractivity contribution is 5.79. The molecule has 2 nitrogen and oxygen atoms in total. The molecule has 0 atom stereocenters. The maximum atomic E-state index is 7.94. The fraction of sp³-hybridized carbons (Fsp3) is 0.917. The van der Waals surface area contributed by atoms with Gasteiger partial charge < -0.3 is 4.90 Å². The van der Waals surface area contributed by atoms with Gasteiger partial charge in [0.05, 0.1) is 5.84 Å². The van der Waals surface area contributed by atoms with E-state index >= 15 is 0 Å². The van der Waals surface area contributed by atoms with Crippen LogP contribution in [-0.2, 0) is 0 Å². The monoisotopic (exact) mass is 196 g/mol. The lowest BCUT2D eigenvalue weighted by atomic mass is 9.82. The van der Waals surface area contributed by atoms with Crippen molar-refractivity contribution < 1.29 is 0 Å². The van der Waals surface area contributed by atoms with Crippen molar-refractivity contribution in [2.24, 2.45) is 5.41 Å². The summed E-state index contributed by atoms with van der Waals surface area (Å²) in [7, 11) is 0. The van der Waals surface area contributed by atoms with E-state index in [1.54, 1.807) is 0 Å². The van der Waals surface area contributed by atoms with Crippen LogP contribution in [0.15, 0.2) is 0 Å². The predicted molar refractivity (Wildman–Crippen MR) is 61.8 cm³/mol. The van der Waals surface area contributed by atoms with Gasteiger partial charge in [-0.2, -0.15) is 0 Å². The van der Waals surface area contributed by atoms with Gasteiger partial charge in [-0.3, -0.25) is 5.41 Å². The minimum atomic E-state index is 0.514. The number of nitrogens with zero attached hydrogens (tertiary/aromatic N) is 1. The Morgan fingerprint density at radius 3 is 2.36 bits per heavy atom. The lowest BCUT2D eigenvalue weighted by molar-refractivity contribution is 0.276. The minimum Gasteiger partial charge on any atom is -0.360 e. The molecule has 0 aromatic rings. The van der Waals surface area contributed by atoms with Crippen LogP contribution in [0.1, 0.15) is 52.9 Å². The SMILES string of the molecule is CCCC(=N)N1CCC(CC)(CC)C1. The highest BCUT2D eigenvalue weighted by Gasteiger charge is 2.35. The molecule has 0 unspecified atom stereocenters. The number of likely N-dealkylation sites (tertiary alicyclic amines) is 1. The third-order valence-corrected chi connectivity index (χ3v) is 3.81. The van der Waals surface area contributed by atoms with Gasteiger partial charge in [0.25, 0.3) is 0 Å². The second-order valence-electron chi connectivity index (χ2n) is 4.58. The number of rotatable bonds is 4.